The highest BCUT2D eigenvalue weighted by molar-refractivity contribution is 9.10. The summed E-state index contributed by atoms with van der Waals surface area (Å²) in [6.07, 6.45) is 2.43. The van der Waals surface area contributed by atoms with Crippen molar-refractivity contribution >= 4 is 21.8 Å². The fourth-order valence-electron chi connectivity index (χ4n) is 2.41. The van der Waals surface area contributed by atoms with E-state index < -0.39 is 0 Å². The van der Waals surface area contributed by atoms with E-state index in [0.29, 0.717) is 12.3 Å². The summed E-state index contributed by atoms with van der Waals surface area (Å²) in [4.78, 5) is 12.1. The number of nitrogens with one attached hydrogen (secondary N) is 1. The first kappa shape index (κ1) is 14.5. The fourth-order valence-corrected chi connectivity index (χ4v) is 2.67. The van der Waals surface area contributed by atoms with Crippen LogP contribution in [-0.4, -0.2) is 23.7 Å². The standard InChI is InChI=1S/C15H20BrNO2/c1-2-12(7-8-18)17-15(19)14-9-13(14)10-3-5-11(16)6-4-10/h3-6,12-14,18H,2,7-9H2,1H3,(H,17,19). The lowest BCUT2D eigenvalue weighted by molar-refractivity contribution is -0.123. The number of carbonyl (C=O) groups excluding carboxylic acids is 1. The topological polar surface area (TPSA) is 49.3 Å². The Bertz CT molecular complexity index is 432. The Labute approximate surface area is 122 Å². The predicted octanol–water partition coefficient (Wildman–Crippen LogP) is 2.83. The van der Waals surface area contributed by atoms with Gasteiger partial charge in [0.15, 0.2) is 0 Å². The van der Waals surface area contributed by atoms with Gasteiger partial charge in [-0.3, -0.25) is 4.79 Å². The van der Waals surface area contributed by atoms with Crippen LogP contribution in [0.5, 0.6) is 0 Å². The Morgan fingerprint density at radius 1 is 1.47 bits per heavy atom. The molecule has 0 heterocycles. The number of hydrogen-bond donors (Lipinski definition) is 2. The molecule has 0 aromatic heterocycles. The largest absolute Gasteiger partial charge is 0.396 e. The molecule has 0 bridgehead atoms. The van der Waals surface area contributed by atoms with Crippen molar-refractivity contribution in [1.29, 1.82) is 0 Å². The lowest BCUT2D eigenvalue weighted by atomic mass is 10.1. The molecule has 2 N–H and O–H groups in total. The molecule has 1 aliphatic rings. The van der Waals surface area contributed by atoms with E-state index in [4.69, 9.17) is 5.11 Å². The Balaban J connectivity index is 1.88. The molecule has 104 valence electrons. The molecule has 1 fully saturated rings. The van der Waals surface area contributed by atoms with Crippen molar-refractivity contribution in [2.75, 3.05) is 6.61 Å². The molecule has 3 nitrogen and oxygen atoms in total. The van der Waals surface area contributed by atoms with Crippen LogP contribution in [0, 0.1) is 5.92 Å². The normalized spacial score (nSPS) is 22.9. The van der Waals surface area contributed by atoms with Crippen LogP contribution in [0.25, 0.3) is 0 Å². The maximum absolute atomic E-state index is 12.1. The van der Waals surface area contributed by atoms with Crippen LogP contribution < -0.4 is 5.32 Å². The quantitative estimate of drug-likeness (QED) is 0.844. The number of carbonyl (C=O) groups is 1. The van der Waals surface area contributed by atoms with E-state index >= 15 is 0 Å². The summed E-state index contributed by atoms with van der Waals surface area (Å²) in [6, 6.07) is 8.29. The van der Waals surface area contributed by atoms with Crippen LogP contribution in [0.4, 0.5) is 0 Å². The summed E-state index contributed by atoms with van der Waals surface area (Å²) in [7, 11) is 0. The number of hydrogen-bond acceptors (Lipinski definition) is 2. The molecular formula is C15H20BrNO2. The molecule has 4 heteroatoms. The van der Waals surface area contributed by atoms with Crippen LogP contribution in [0.15, 0.2) is 28.7 Å². The van der Waals surface area contributed by atoms with Gasteiger partial charge in [0.05, 0.1) is 0 Å². The predicted molar refractivity (Wildman–Crippen MR) is 78.9 cm³/mol. The molecule has 0 radical (unpaired) electrons. The van der Waals surface area contributed by atoms with Gasteiger partial charge in [0.25, 0.3) is 0 Å². The molecule has 1 amide bonds. The smallest absolute Gasteiger partial charge is 0.223 e. The third-order valence-electron chi connectivity index (χ3n) is 3.74. The highest BCUT2D eigenvalue weighted by Crippen LogP contribution is 2.47. The molecule has 3 unspecified atom stereocenters. The van der Waals surface area contributed by atoms with Crippen molar-refractivity contribution in [3.05, 3.63) is 34.3 Å². The summed E-state index contributed by atoms with van der Waals surface area (Å²) in [6.45, 7) is 2.15. The molecule has 2 rings (SSSR count). The first-order valence-electron chi connectivity index (χ1n) is 6.82. The first-order chi connectivity index (χ1) is 9.15. The van der Waals surface area contributed by atoms with Crippen molar-refractivity contribution < 1.29 is 9.90 Å². The zero-order valence-corrected chi connectivity index (χ0v) is 12.7. The lowest BCUT2D eigenvalue weighted by Gasteiger charge is -2.15. The highest BCUT2D eigenvalue weighted by atomic mass is 79.9. The zero-order chi connectivity index (χ0) is 13.8. The molecule has 3 atom stereocenters. The van der Waals surface area contributed by atoms with Gasteiger partial charge in [0.1, 0.15) is 0 Å². The van der Waals surface area contributed by atoms with Crippen molar-refractivity contribution in [2.24, 2.45) is 5.92 Å². The van der Waals surface area contributed by atoms with Gasteiger partial charge in [-0.1, -0.05) is 35.0 Å². The van der Waals surface area contributed by atoms with Gasteiger partial charge >= 0.3 is 0 Å². The second-order valence-corrected chi connectivity index (χ2v) is 6.04. The molecule has 1 aromatic carbocycles. The Morgan fingerprint density at radius 3 is 2.74 bits per heavy atom. The van der Waals surface area contributed by atoms with Gasteiger partial charge in [0, 0.05) is 23.0 Å². The molecule has 0 spiro atoms. The van der Waals surface area contributed by atoms with Gasteiger partial charge in [-0.05, 0) is 42.9 Å². The highest BCUT2D eigenvalue weighted by Gasteiger charge is 2.44. The third-order valence-corrected chi connectivity index (χ3v) is 4.27. The van der Waals surface area contributed by atoms with Crippen LogP contribution in [-0.2, 0) is 4.79 Å². The third kappa shape index (κ3) is 3.80. The molecule has 0 saturated heterocycles. The number of halogens is 1. The fraction of sp³-hybridized carbons (Fsp3) is 0.533. The number of aliphatic hydroxyl groups is 1. The summed E-state index contributed by atoms with van der Waals surface area (Å²) < 4.78 is 1.06. The molecule has 1 aromatic rings. The minimum atomic E-state index is 0.101. The van der Waals surface area contributed by atoms with Crippen molar-refractivity contribution in [2.45, 2.75) is 38.1 Å². The summed E-state index contributed by atoms with van der Waals surface area (Å²) in [5.41, 5.74) is 1.23. The Morgan fingerprint density at radius 2 is 2.16 bits per heavy atom. The van der Waals surface area contributed by atoms with Gasteiger partial charge in [-0.25, -0.2) is 0 Å². The Hall–Kier alpha value is -0.870. The minimum Gasteiger partial charge on any atom is -0.396 e. The van der Waals surface area contributed by atoms with Gasteiger partial charge in [-0.2, -0.15) is 0 Å². The van der Waals surface area contributed by atoms with Crippen LogP contribution in [0.3, 0.4) is 0 Å². The average Bonchev–Trinajstić information content (AvgIpc) is 3.19. The van der Waals surface area contributed by atoms with Crippen LogP contribution in [0.1, 0.15) is 37.7 Å². The number of amides is 1. The van der Waals surface area contributed by atoms with E-state index in [1.807, 2.05) is 19.1 Å². The van der Waals surface area contributed by atoms with Crippen LogP contribution >= 0.6 is 15.9 Å². The zero-order valence-electron chi connectivity index (χ0n) is 11.1. The maximum Gasteiger partial charge on any atom is 0.223 e. The number of benzene rings is 1. The summed E-state index contributed by atoms with van der Waals surface area (Å²) in [5.74, 6) is 0.599. The van der Waals surface area contributed by atoms with Crippen LogP contribution in [0.2, 0.25) is 0 Å². The maximum atomic E-state index is 12.1. The van der Waals surface area contributed by atoms with E-state index in [1.54, 1.807) is 0 Å². The number of rotatable bonds is 6. The summed E-state index contributed by atoms with van der Waals surface area (Å²) in [5, 5.41) is 12.0. The second kappa shape index (κ2) is 6.53. The van der Waals surface area contributed by atoms with E-state index in [9.17, 15) is 4.79 Å². The minimum absolute atomic E-state index is 0.101. The van der Waals surface area contributed by atoms with Crippen molar-refractivity contribution in [3.8, 4) is 0 Å². The van der Waals surface area contributed by atoms with Gasteiger partial charge < -0.3 is 10.4 Å². The van der Waals surface area contributed by atoms with E-state index in [0.717, 1.165) is 17.3 Å². The Kier molecular flexibility index (Phi) is 4.99. The van der Waals surface area contributed by atoms with E-state index in [2.05, 4.69) is 33.4 Å². The van der Waals surface area contributed by atoms with Crippen molar-refractivity contribution in [1.82, 2.24) is 5.32 Å². The van der Waals surface area contributed by atoms with E-state index in [1.165, 1.54) is 5.56 Å². The molecule has 1 aliphatic carbocycles. The second-order valence-electron chi connectivity index (χ2n) is 5.13. The van der Waals surface area contributed by atoms with Gasteiger partial charge in [-0.15, -0.1) is 0 Å². The van der Waals surface area contributed by atoms with E-state index in [-0.39, 0.29) is 24.5 Å². The first-order valence-corrected chi connectivity index (χ1v) is 7.61. The number of aliphatic hydroxyl groups excluding tert-OH is 1. The lowest BCUT2D eigenvalue weighted by Crippen LogP contribution is -2.36. The summed E-state index contributed by atoms with van der Waals surface area (Å²) >= 11 is 3.42. The molecule has 19 heavy (non-hydrogen) atoms. The van der Waals surface area contributed by atoms with Gasteiger partial charge in [0.2, 0.25) is 5.91 Å². The average molecular weight is 326 g/mol. The van der Waals surface area contributed by atoms with Crippen molar-refractivity contribution in [3.63, 3.8) is 0 Å². The molecule has 1 saturated carbocycles. The molecule has 0 aliphatic heterocycles. The molecular weight excluding hydrogens is 306 g/mol. The SMILES string of the molecule is CCC(CCO)NC(=O)C1CC1c1ccc(Br)cc1. The monoisotopic (exact) mass is 325 g/mol.